The quantitative estimate of drug-likeness (QED) is 0.258. The monoisotopic (exact) mass is 263 g/mol. The molecule has 0 N–H and O–H groups in total. The molecule has 0 saturated carbocycles. The molecule has 0 amide bonds. The first-order valence-electron chi connectivity index (χ1n) is 5.64. The minimum atomic E-state index is -0.587. The maximum atomic E-state index is 11.4. The summed E-state index contributed by atoms with van der Waals surface area (Å²) >= 11 is 0. The number of nitro groups is 1. The summed E-state index contributed by atoms with van der Waals surface area (Å²) in [7, 11) is 0. The number of ether oxygens (including phenoxy) is 1. The summed E-state index contributed by atoms with van der Waals surface area (Å²) in [6.07, 6.45) is 2.30. The molecule has 0 saturated heterocycles. The highest BCUT2D eigenvalue weighted by molar-refractivity contribution is 6.03. The lowest BCUT2D eigenvalue weighted by atomic mass is 10.1. The van der Waals surface area contributed by atoms with E-state index >= 15 is 0 Å². The smallest absolute Gasteiger partial charge is 0.313 e. The fourth-order valence-corrected chi connectivity index (χ4v) is 1.34. The van der Waals surface area contributed by atoms with Gasteiger partial charge in [0.25, 0.3) is 5.69 Å². The van der Waals surface area contributed by atoms with Crippen molar-refractivity contribution in [2.24, 2.45) is 0 Å². The van der Waals surface area contributed by atoms with Gasteiger partial charge in [0.05, 0.1) is 11.5 Å². The van der Waals surface area contributed by atoms with Gasteiger partial charge in [0.1, 0.15) is 6.42 Å². The van der Waals surface area contributed by atoms with Gasteiger partial charge in [-0.1, -0.05) is 18.2 Å². The van der Waals surface area contributed by atoms with Gasteiger partial charge in [-0.3, -0.25) is 19.7 Å². The zero-order chi connectivity index (χ0) is 14.3. The van der Waals surface area contributed by atoms with Crippen LogP contribution >= 0.6 is 0 Å². The van der Waals surface area contributed by atoms with E-state index in [0.717, 1.165) is 0 Å². The van der Waals surface area contributed by atoms with Crippen molar-refractivity contribution >= 4 is 23.5 Å². The van der Waals surface area contributed by atoms with Crippen molar-refractivity contribution in [3.63, 3.8) is 0 Å². The molecule has 0 fully saturated rings. The second-order valence-corrected chi connectivity index (χ2v) is 3.63. The lowest BCUT2D eigenvalue weighted by Crippen LogP contribution is -2.08. The first-order valence-corrected chi connectivity index (χ1v) is 5.64. The second kappa shape index (κ2) is 7.05. The zero-order valence-corrected chi connectivity index (χ0v) is 10.4. The Bertz CT molecular complexity index is 522. The number of non-ortho nitro benzene ring substituents is 1. The Kier molecular flexibility index (Phi) is 5.40. The lowest BCUT2D eigenvalue weighted by Gasteiger charge is -1.98. The lowest BCUT2D eigenvalue weighted by molar-refractivity contribution is -0.384. The van der Waals surface area contributed by atoms with E-state index in [9.17, 15) is 19.7 Å². The molecule has 0 heterocycles. The Hall–Kier alpha value is -2.50. The van der Waals surface area contributed by atoms with Gasteiger partial charge in [-0.05, 0) is 18.6 Å². The predicted octanol–water partition coefficient (Wildman–Crippen LogP) is 2.13. The summed E-state index contributed by atoms with van der Waals surface area (Å²) < 4.78 is 4.63. The standard InChI is InChI=1S/C13H13NO5/c1-2-19-13(16)9-12(15)7-6-10-4-3-5-11(8-10)14(17)18/h3-8H,2,9H2,1H3. The number of esters is 1. The molecule has 0 aromatic heterocycles. The summed E-state index contributed by atoms with van der Waals surface area (Å²) in [5.74, 6) is -0.999. The Morgan fingerprint density at radius 2 is 2.16 bits per heavy atom. The van der Waals surface area contributed by atoms with Gasteiger partial charge in [0.15, 0.2) is 5.78 Å². The molecule has 19 heavy (non-hydrogen) atoms. The van der Waals surface area contributed by atoms with Crippen molar-refractivity contribution in [2.45, 2.75) is 13.3 Å². The van der Waals surface area contributed by atoms with E-state index in [0.29, 0.717) is 5.56 Å². The van der Waals surface area contributed by atoms with Gasteiger partial charge in [-0.25, -0.2) is 0 Å². The summed E-state index contributed by atoms with van der Waals surface area (Å²) in [6, 6.07) is 5.85. The number of nitrogens with zero attached hydrogens (tertiary/aromatic N) is 1. The van der Waals surface area contributed by atoms with Crippen LogP contribution in [0, 0.1) is 10.1 Å². The molecule has 0 aliphatic heterocycles. The first kappa shape index (κ1) is 14.6. The normalized spacial score (nSPS) is 10.4. The number of nitro benzene ring substituents is 1. The summed E-state index contributed by atoms with van der Waals surface area (Å²) in [4.78, 5) is 32.5. The third-order valence-corrected chi connectivity index (χ3v) is 2.17. The van der Waals surface area contributed by atoms with Crippen LogP contribution in [0.1, 0.15) is 18.9 Å². The minimum absolute atomic E-state index is 0.0556. The Morgan fingerprint density at radius 3 is 2.79 bits per heavy atom. The maximum absolute atomic E-state index is 11.4. The topological polar surface area (TPSA) is 86.5 Å². The second-order valence-electron chi connectivity index (χ2n) is 3.63. The Balaban J connectivity index is 2.66. The third kappa shape index (κ3) is 5.12. The van der Waals surface area contributed by atoms with E-state index < -0.39 is 16.7 Å². The number of rotatable bonds is 6. The van der Waals surface area contributed by atoms with Crippen LogP contribution in [0.5, 0.6) is 0 Å². The molecule has 0 unspecified atom stereocenters. The fourth-order valence-electron chi connectivity index (χ4n) is 1.34. The molecule has 0 spiro atoms. The molecule has 1 aromatic carbocycles. The van der Waals surface area contributed by atoms with Crippen molar-refractivity contribution in [3.8, 4) is 0 Å². The fraction of sp³-hybridized carbons (Fsp3) is 0.231. The highest BCUT2D eigenvalue weighted by Gasteiger charge is 2.07. The highest BCUT2D eigenvalue weighted by atomic mass is 16.6. The summed E-state index contributed by atoms with van der Waals surface area (Å²) in [5, 5.41) is 10.6. The van der Waals surface area contributed by atoms with E-state index in [4.69, 9.17) is 0 Å². The third-order valence-electron chi connectivity index (χ3n) is 2.17. The molecule has 0 radical (unpaired) electrons. The average molecular weight is 263 g/mol. The molecule has 0 atom stereocenters. The average Bonchev–Trinajstić information content (AvgIpc) is 2.37. The molecule has 1 aromatic rings. The van der Waals surface area contributed by atoms with Crippen molar-refractivity contribution < 1.29 is 19.2 Å². The molecule has 6 heteroatoms. The van der Waals surface area contributed by atoms with E-state index in [1.165, 1.54) is 30.4 Å². The first-order chi connectivity index (χ1) is 9.02. The van der Waals surface area contributed by atoms with Crippen molar-refractivity contribution in [1.82, 2.24) is 0 Å². The number of hydrogen-bond acceptors (Lipinski definition) is 5. The van der Waals surface area contributed by atoms with Crippen LogP contribution in [0.3, 0.4) is 0 Å². The number of ketones is 1. The van der Waals surface area contributed by atoms with Gasteiger partial charge < -0.3 is 4.74 Å². The molecular weight excluding hydrogens is 250 g/mol. The number of hydrogen-bond donors (Lipinski definition) is 0. The molecule has 1 rings (SSSR count). The summed E-state index contributed by atoms with van der Waals surface area (Å²) in [6.45, 7) is 1.88. The van der Waals surface area contributed by atoms with Gasteiger partial charge >= 0.3 is 5.97 Å². The number of benzene rings is 1. The Labute approximate surface area is 109 Å². The van der Waals surface area contributed by atoms with Gasteiger partial charge in [0, 0.05) is 12.1 Å². The molecular formula is C13H13NO5. The van der Waals surface area contributed by atoms with Crippen LogP contribution in [0.15, 0.2) is 30.3 Å². The van der Waals surface area contributed by atoms with Crippen molar-refractivity contribution in [1.29, 1.82) is 0 Å². The molecule has 0 aliphatic rings. The van der Waals surface area contributed by atoms with Crippen LogP contribution in [-0.4, -0.2) is 23.3 Å². The Morgan fingerprint density at radius 1 is 1.42 bits per heavy atom. The van der Waals surface area contributed by atoms with Crippen LogP contribution in [0.2, 0.25) is 0 Å². The molecule has 0 bridgehead atoms. The van der Waals surface area contributed by atoms with Crippen LogP contribution in [-0.2, 0) is 14.3 Å². The van der Waals surface area contributed by atoms with Gasteiger partial charge in [0.2, 0.25) is 0 Å². The minimum Gasteiger partial charge on any atom is -0.466 e. The van der Waals surface area contributed by atoms with E-state index in [-0.39, 0.29) is 18.7 Å². The van der Waals surface area contributed by atoms with E-state index in [1.807, 2.05) is 0 Å². The van der Waals surface area contributed by atoms with Gasteiger partial charge in [-0.15, -0.1) is 0 Å². The SMILES string of the molecule is CCOC(=O)CC(=O)C=Cc1cccc([N+](=O)[O-])c1. The molecule has 100 valence electrons. The maximum Gasteiger partial charge on any atom is 0.313 e. The number of carbonyl (C=O) groups excluding carboxylic acids is 2. The number of carbonyl (C=O) groups is 2. The van der Waals surface area contributed by atoms with E-state index in [1.54, 1.807) is 13.0 Å². The van der Waals surface area contributed by atoms with Crippen molar-refractivity contribution in [3.05, 3.63) is 46.0 Å². The van der Waals surface area contributed by atoms with Crippen LogP contribution < -0.4 is 0 Å². The van der Waals surface area contributed by atoms with Crippen LogP contribution in [0.4, 0.5) is 5.69 Å². The van der Waals surface area contributed by atoms with E-state index in [2.05, 4.69) is 4.74 Å². The molecule has 0 aliphatic carbocycles. The number of allylic oxidation sites excluding steroid dienone is 1. The highest BCUT2D eigenvalue weighted by Crippen LogP contribution is 2.14. The zero-order valence-electron chi connectivity index (χ0n) is 10.4. The summed E-state index contributed by atoms with van der Waals surface area (Å²) in [5.41, 5.74) is 0.464. The molecule has 6 nitrogen and oxygen atoms in total. The van der Waals surface area contributed by atoms with Crippen molar-refractivity contribution in [2.75, 3.05) is 6.61 Å². The largest absolute Gasteiger partial charge is 0.466 e. The predicted molar refractivity (Wildman–Crippen MR) is 68.4 cm³/mol. The van der Waals surface area contributed by atoms with Gasteiger partial charge in [-0.2, -0.15) is 0 Å². The van der Waals surface area contributed by atoms with Crippen LogP contribution in [0.25, 0.3) is 6.08 Å².